The number of anilines is 4. The molecule has 0 aliphatic rings. The zero-order chi connectivity index (χ0) is 20.5. The van der Waals surface area contributed by atoms with Crippen LogP contribution in [-0.4, -0.2) is 39.1 Å². The molecular formula is C19H21N3O6. The van der Waals surface area contributed by atoms with E-state index in [0.29, 0.717) is 22.7 Å². The van der Waals surface area contributed by atoms with Crippen molar-refractivity contribution < 1.29 is 28.6 Å². The summed E-state index contributed by atoms with van der Waals surface area (Å²) in [6, 6.07) is 13.1. The molecule has 9 nitrogen and oxygen atoms in total. The SMILES string of the molecule is CCOC(=O)N(c1ccc(NC(=O)OC)cc1)c1ccc(NC(=O)OC)cc1. The lowest BCUT2D eigenvalue weighted by Crippen LogP contribution is -2.26. The number of methoxy groups -OCH3 is 2. The van der Waals surface area contributed by atoms with E-state index in [1.807, 2.05) is 0 Å². The monoisotopic (exact) mass is 387 g/mol. The number of amides is 3. The number of rotatable bonds is 5. The van der Waals surface area contributed by atoms with Gasteiger partial charge in [-0.2, -0.15) is 0 Å². The fourth-order valence-electron chi connectivity index (χ4n) is 2.27. The van der Waals surface area contributed by atoms with Crippen molar-refractivity contribution in [2.24, 2.45) is 0 Å². The third-order valence-corrected chi connectivity index (χ3v) is 3.56. The lowest BCUT2D eigenvalue weighted by Gasteiger charge is -2.22. The van der Waals surface area contributed by atoms with Crippen LogP contribution in [0.5, 0.6) is 0 Å². The van der Waals surface area contributed by atoms with Crippen molar-refractivity contribution in [2.75, 3.05) is 36.4 Å². The van der Waals surface area contributed by atoms with Crippen LogP contribution in [0.15, 0.2) is 48.5 Å². The van der Waals surface area contributed by atoms with Crippen molar-refractivity contribution in [3.05, 3.63) is 48.5 Å². The summed E-state index contributed by atoms with van der Waals surface area (Å²) in [6.45, 7) is 1.92. The molecule has 9 heteroatoms. The van der Waals surface area contributed by atoms with E-state index in [2.05, 4.69) is 20.1 Å². The van der Waals surface area contributed by atoms with E-state index in [-0.39, 0.29) is 6.61 Å². The Labute approximate surface area is 162 Å². The van der Waals surface area contributed by atoms with E-state index in [1.54, 1.807) is 55.5 Å². The van der Waals surface area contributed by atoms with Crippen molar-refractivity contribution >= 4 is 41.0 Å². The highest BCUT2D eigenvalue weighted by molar-refractivity contribution is 5.97. The summed E-state index contributed by atoms with van der Waals surface area (Å²) >= 11 is 0. The van der Waals surface area contributed by atoms with Crippen LogP contribution in [0.4, 0.5) is 37.1 Å². The highest BCUT2D eigenvalue weighted by atomic mass is 16.6. The van der Waals surface area contributed by atoms with Crippen LogP contribution < -0.4 is 15.5 Å². The molecule has 0 unspecified atom stereocenters. The topological polar surface area (TPSA) is 106 Å². The van der Waals surface area contributed by atoms with Gasteiger partial charge in [0.05, 0.1) is 32.2 Å². The van der Waals surface area contributed by atoms with Crippen molar-refractivity contribution in [3.8, 4) is 0 Å². The van der Waals surface area contributed by atoms with Crippen LogP contribution in [0.1, 0.15) is 6.92 Å². The van der Waals surface area contributed by atoms with Gasteiger partial charge in [0.2, 0.25) is 0 Å². The van der Waals surface area contributed by atoms with Crippen LogP contribution >= 0.6 is 0 Å². The molecule has 0 atom stereocenters. The summed E-state index contributed by atoms with van der Waals surface area (Å²) in [4.78, 5) is 36.4. The van der Waals surface area contributed by atoms with Crippen molar-refractivity contribution in [2.45, 2.75) is 6.92 Å². The Bertz CT molecular complexity index is 759. The third kappa shape index (κ3) is 5.37. The number of carbonyl (C=O) groups excluding carboxylic acids is 3. The second kappa shape index (κ2) is 9.81. The Morgan fingerprint density at radius 1 is 0.786 bits per heavy atom. The van der Waals surface area contributed by atoms with E-state index >= 15 is 0 Å². The highest BCUT2D eigenvalue weighted by Gasteiger charge is 2.19. The molecule has 0 aliphatic heterocycles. The predicted octanol–water partition coefficient (Wildman–Crippen LogP) is 4.34. The molecule has 28 heavy (non-hydrogen) atoms. The van der Waals surface area contributed by atoms with Gasteiger partial charge in [-0.25, -0.2) is 19.3 Å². The summed E-state index contributed by atoms with van der Waals surface area (Å²) in [5.41, 5.74) is 2.08. The first-order chi connectivity index (χ1) is 13.5. The van der Waals surface area contributed by atoms with Gasteiger partial charge < -0.3 is 14.2 Å². The minimum atomic E-state index is -0.594. The molecule has 2 aromatic rings. The Kier molecular flexibility index (Phi) is 7.21. The second-order valence-corrected chi connectivity index (χ2v) is 5.36. The van der Waals surface area contributed by atoms with E-state index < -0.39 is 18.3 Å². The van der Waals surface area contributed by atoms with E-state index in [1.165, 1.54) is 19.1 Å². The summed E-state index contributed by atoms with van der Waals surface area (Å²) in [5.74, 6) is 0. The normalized spacial score (nSPS) is 9.82. The molecule has 3 amide bonds. The standard InChI is InChI=1S/C19H21N3O6/c1-4-28-19(25)22(15-9-5-13(6-10-15)20-17(23)26-2)16-11-7-14(8-12-16)21-18(24)27-3/h5-12H,4H2,1-3H3,(H,20,23)(H,21,24). The maximum Gasteiger partial charge on any atom is 0.418 e. The molecule has 148 valence electrons. The maximum absolute atomic E-state index is 12.5. The van der Waals surface area contributed by atoms with Crippen molar-refractivity contribution in [3.63, 3.8) is 0 Å². The van der Waals surface area contributed by atoms with Gasteiger partial charge in [-0.1, -0.05) is 0 Å². The molecule has 0 aliphatic carbocycles. The largest absolute Gasteiger partial charge is 0.453 e. The summed E-state index contributed by atoms with van der Waals surface area (Å²) < 4.78 is 14.2. The number of ether oxygens (including phenoxy) is 3. The molecule has 0 radical (unpaired) electrons. The molecule has 0 bridgehead atoms. The number of nitrogens with zero attached hydrogens (tertiary/aromatic N) is 1. The first-order valence-corrected chi connectivity index (χ1v) is 8.35. The predicted molar refractivity (Wildman–Crippen MR) is 104 cm³/mol. The number of benzene rings is 2. The molecule has 2 N–H and O–H groups in total. The second-order valence-electron chi connectivity index (χ2n) is 5.36. The molecule has 0 heterocycles. The summed E-state index contributed by atoms with van der Waals surface area (Å²) in [5, 5.41) is 5.07. The van der Waals surface area contributed by atoms with Crippen LogP contribution in [0.2, 0.25) is 0 Å². The smallest absolute Gasteiger partial charge is 0.418 e. The Morgan fingerprint density at radius 3 is 1.50 bits per heavy atom. The zero-order valence-electron chi connectivity index (χ0n) is 15.7. The highest BCUT2D eigenvalue weighted by Crippen LogP contribution is 2.29. The van der Waals surface area contributed by atoms with E-state index in [9.17, 15) is 14.4 Å². The quantitative estimate of drug-likeness (QED) is 0.739. The fourth-order valence-corrected chi connectivity index (χ4v) is 2.27. The van der Waals surface area contributed by atoms with Gasteiger partial charge in [-0.05, 0) is 55.5 Å². The van der Waals surface area contributed by atoms with Gasteiger partial charge >= 0.3 is 18.3 Å². The molecule has 2 aromatic carbocycles. The first-order valence-electron chi connectivity index (χ1n) is 8.35. The van der Waals surface area contributed by atoms with Crippen LogP contribution in [-0.2, 0) is 14.2 Å². The van der Waals surface area contributed by atoms with Gasteiger partial charge in [0.25, 0.3) is 0 Å². The average Bonchev–Trinajstić information content (AvgIpc) is 2.70. The molecule has 0 aromatic heterocycles. The lowest BCUT2D eigenvalue weighted by molar-refractivity contribution is 0.162. The van der Waals surface area contributed by atoms with Crippen LogP contribution in [0.3, 0.4) is 0 Å². The average molecular weight is 387 g/mol. The molecule has 0 fully saturated rings. The van der Waals surface area contributed by atoms with Crippen molar-refractivity contribution in [1.82, 2.24) is 0 Å². The molecule has 2 rings (SSSR count). The maximum atomic E-state index is 12.5. The number of hydrogen-bond donors (Lipinski definition) is 2. The van der Waals surface area contributed by atoms with E-state index in [0.717, 1.165) is 0 Å². The van der Waals surface area contributed by atoms with Gasteiger partial charge in [0.15, 0.2) is 0 Å². The van der Waals surface area contributed by atoms with Gasteiger partial charge in [0.1, 0.15) is 0 Å². The fraction of sp³-hybridized carbons (Fsp3) is 0.211. The molecule has 0 saturated heterocycles. The zero-order valence-corrected chi connectivity index (χ0v) is 15.7. The molecule has 0 spiro atoms. The number of nitrogens with one attached hydrogen (secondary N) is 2. The third-order valence-electron chi connectivity index (χ3n) is 3.56. The lowest BCUT2D eigenvalue weighted by atomic mass is 10.2. The Balaban J connectivity index is 2.28. The van der Waals surface area contributed by atoms with Crippen LogP contribution in [0.25, 0.3) is 0 Å². The number of hydrogen-bond acceptors (Lipinski definition) is 6. The first kappa shape index (κ1) is 20.6. The molecular weight excluding hydrogens is 366 g/mol. The minimum absolute atomic E-state index is 0.208. The summed E-state index contributed by atoms with van der Waals surface area (Å²) in [7, 11) is 2.54. The van der Waals surface area contributed by atoms with Gasteiger partial charge in [-0.3, -0.25) is 10.6 Å². The van der Waals surface area contributed by atoms with Crippen molar-refractivity contribution in [1.29, 1.82) is 0 Å². The Morgan fingerprint density at radius 2 is 1.18 bits per heavy atom. The Hall–Kier alpha value is -3.75. The van der Waals surface area contributed by atoms with E-state index in [4.69, 9.17) is 4.74 Å². The van der Waals surface area contributed by atoms with Gasteiger partial charge in [-0.15, -0.1) is 0 Å². The van der Waals surface area contributed by atoms with Crippen LogP contribution in [0, 0.1) is 0 Å². The summed E-state index contributed by atoms with van der Waals surface area (Å²) in [6.07, 6.45) is -1.75. The molecule has 0 saturated carbocycles. The minimum Gasteiger partial charge on any atom is -0.453 e. The number of carbonyl (C=O) groups is 3. The van der Waals surface area contributed by atoms with Gasteiger partial charge in [0, 0.05) is 11.4 Å².